The molecule has 0 aromatic carbocycles. The average molecular weight is 223 g/mol. The maximum absolute atomic E-state index is 11.6. The van der Waals surface area contributed by atoms with Gasteiger partial charge in [0.2, 0.25) is 0 Å². The Labute approximate surface area is 96.8 Å². The number of nitrogens with two attached hydrogens (primary N) is 1. The van der Waals surface area contributed by atoms with Crippen LogP contribution in [0.5, 0.6) is 0 Å². The fourth-order valence-electron chi connectivity index (χ4n) is 1.44. The van der Waals surface area contributed by atoms with Crippen molar-refractivity contribution in [2.45, 2.75) is 52.1 Å². The summed E-state index contributed by atoms with van der Waals surface area (Å²) in [4.78, 5) is 11.6. The second-order valence-electron chi connectivity index (χ2n) is 4.20. The fourth-order valence-corrected chi connectivity index (χ4v) is 1.44. The lowest BCUT2D eigenvalue weighted by atomic mass is 10.1. The third-order valence-electron chi connectivity index (χ3n) is 2.91. The minimum atomic E-state index is -0.353. The molecule has 0 aliphatic heterocycles. The van der Waals surface area contributed by atoms with Gasteiger partial charge >= 0.3 is 0 Å². The van der Waals surface area contributed by atoms with Gasteiger partial charge < -0.3 is 5.73 Å². The number of ketones is 1. The van der Waals surface area contributed by atoms with Gasteiger partial charge in [-0.05, 0) is 25.8 Å². The van der Waals surface area contributed by atoms with Crippen molar-refractivity contribution in [1.29, 1.82) is 0 Å². The third kappa shape index (κ3) is 3.17. The first-order chi connectivity index (χ1) is 7.58. The molecular weight excluding hydrogens is 202 g/mol. The van der Waals surface area contributed by atoms with E-state index in [9.17, 15) is 4.79 Å². The molecule has 0 aliphatic rings. The molecule has 0 bridgehead atoms. The summed E-state index contributed by atoms with van der Waals surface area (Å²) in [6.45, 7) is 6.14. The van der Waals surface area contributed by atoms with Crippen molar-refractivity contribution in [2.24, 2.45) is 5.73 Å². The standard InChI is InChI=1S/C12H21N3O/c1-4-9(3)15-7-6-10(14-15)8-12(16)11(13)5-2/h6-7,9,11H,4-5,8,13H2,1-3H3. The van der Waals surface area contributed by atoms with E-state index >= 15 is 0 Å². The Morgan fingerprint density at radius 2 is 2.19 bits per heavy atom. The normalized spacial score (nSPS) is 14.8. The van der Waals surface area contributed by atoms with Gasteiger partial charge in [-0.15, -0.1) is 0 Å². The molecule has 0 saturated heterocycles. The van der Waals surface area contributed by atoms with Crippen molar-refractivity contribution in [3.8, 4) is 0 Å². The van der Waals surface area contributed by atoms with Crippen LogP contribution in [0.3, 0.4) is 0 Å². The van der Waals surface area contributed by atoms with Crippen LogP contribution in [-0.2, 0) is 11.2 Å². The van der Waals surface area contributed by atoms with E-state index in [2.05, 4.69) is 18.9 Å². The molecule has 2 atom stereocenters. The van der Waals surface area contributed by atoms with Crippen LogP contribution in [-0.4, -0.2) is 21.6 Å². The fraction of sp³-hybridized carbons (Fsp3) is 0.667. The predicted octanol–water partition coefficient (Wildman–Crippen LogP) is 1.70. The van der Waals surface area contributed by atoms with Gasteiger partial charge in [0.15, 0.2) is 5.78 Å². The highest BCUT2D eigenvalue weighted by molar-refractivity contribution is 5.85. The van der Waals surface area contributed by atoms with Crippen molar-refractivity contribution in [2.75, 3.05) is 0 Å². The molecule has 4 heteroatoms. The second kappa shape index (κ2) is 5.80. The van der Waals surface area contributed by atoms with Crippen LogP contribution in [0, 0.1) is 0 Å². The van der Waals surface area contributed by atoms with Crippen LogP contribution in [0.15, 0.2) is 12.3 Å². The van der Waals surface area contributed by atoms with E-state index in [4.69, 9.17) is 5.73 Å². The van der Waals surface area contributed by atoms with Crippen molar-refractivity contribution >= 4 is 5.78 Å². The van der Waals surface area contributed by atoms with Crippen LogP contribution in [0.1, 0.15) is 45.3 Å². The molecule has 0 amide bonds. The Hall–Kier alpha value is -1.16. The molecule has 0 aliphatic carbocycles. The van der Waals surface area contributed by atoms with Gasteiger partial charge in [-0.25, -0.2) is 0 Å². The van der Waals surface area contributed by atoms with Gasteiger partial charge in [0, 0.05) is 12.2 Å². The number of nitrogens with zero attached hydrogens (tertiary/aromatic N) is 2. The van der Waals surface area contributed by atoms with E-state index in [-0.39, 0.29) is 11.8 Å². The molecule has 16 heavy (non-hydrogen) atoms. The summed E-state index contributed by atoms with van der Waals surface area (Å²) in [6.07, 6.45) is 3.99. The maximum atomic E-state index is 11.6. The lowest BCUT2D eigenvalue weighted by Gasteiger charge is -2.08. The minimum absolute atomic E-state index is 0.0666. The van der Waals surface area contributed by atoms with Gasteiger partial charge in [0.05, 0.1) is 18.2 Å². The molecule has 1 rings (SSSR count). The van der Waals surface area contributed by atoms with Gasteiger partial charge in [0.25, 0.3) is 0 Å². The molecule has 4 nitrogen and oxygen atoms in total. The first kappa shape index (κ1) is 12.9. The first-order valence-corrected chi connectivity index (χ1v) is 5.90. The van der Waals surface area contributed by atoms with Crippen LogP contribution >= 0.6 is 0 Å². The van der Waals surface area contributed by atoms with Crippen LogP contribution < -0.4 is 5.73 Å². The van der Waals surface area contributed by atoms with E-state index in [1.165, 1.54) is 0 Å². The number of hydrogen-bond acceptors (Lipinski definition) is 3. The van der Waals surface area contributed by atoms with E-state index in [0.29, 0.717) is 18.9 Å². The Morgan fingerprint density at radius 3 is 2.75 bits per heavy atom. The third-order valence-corrected chi connectivity index (χ3v) is 2.91. The second-order valence-corrected chi connectivity index (χ2v) is 4.20. The zero-order chi connectivity index (χ0) is 12.1. The monoisotopic (exact) mass is 223 g/mol. The van der Waals surface area contributed by atoms with Gasteiger partial charge in [-0.2, -0.15) is 5.10 Å². The molecule has 1 heterocycles. The number of Topliss-reactive ketones (excluding diaryl/α,β-unsaturated/α-hetero) is 1. The molecule has 2 N–H and O–H groups in total. The Bertz CT molecular complexity index is 346. The van der Waals surface area contributed by atoms with Crippen LogP contribution in [0.4, 0.5) is 0 Å². The average Bonchev–Trinajstić information content (AvgIpc) is 2.75. The lowest BCUT2D eigenvalue weighted by Crippen LogP contribution is -2.31. The number of aromatic nitrogens is 2. The topological polar surface area (TPSA) is 60.9 Å². The smallest absolute Gasteiger partial charge is 0.155 e. The Kier molecular flexibility index (Phi) is 4.68. The summed E-state index contributed by atoms with van der Waals surface area (Å²) in [5.74, 6) is 0.0666. The predicted molar refractivity (Wildman–Crippen MR) is 64.2 cm³/mol. The van der Waals surface area contributed by atoms with Crippen molar-refractivity contribution in [3.05, 3.63) is 18.0 Å². The molecule has 90 valence electrons. The van der Waals surface area contributed by atoms with E-state index in [1.54, 1.807) is 0 Å². The van der Waals surface area contributed by atoms with E-state index in [0.717, 1.165) is 12.1 Å². The van der Waals surface area contributed by atoms with Crippen LogP contribution in [0.2, 0.25) is 0 Å². The number of carbonyl (C=O) groups is 1. The summed E-state index contributed by atoms with van der Waals surface area (Å²) in [6, 6.07) is 1.92. The van der Waals surface area contributed by atoms with Crippen LogP contribution in [0.25, 0.3) is 0 Å². The number of carbonyl (C=O) groups excluding carboxylic acids is 1. The molecule has 2 unspecified atom stereocenters. The quantitative estimate of drug-likeness (QED) is 0.798. The van der Waals surface area contributed by atoms with E-state index in [1.807, 2.05) is 23.9 Å². The molecule has 0 fully saturated rings. The summed E-state index contributed by atoms with van der Waals surface area (Å²) >= 11 is 0. The molecular formula is C12H21N3O. The largest absolute Gasteiger partial charge is 0.322 e. The maximum Gasteiger partial charge on any atom is 0.155 e. The molecule has 0 saturated carbocycles. The van der Waals surface area contributed by atoms with Gasteiger partial charge in [-0.1, -0.05) is 13.8 Å². The summed E-state index contributed by atoms with van der Waals surface area (Å²) in [5.41, 5.74) is 6.49. The summed E-state index contributed by atoms with van der Waals surface area (Å²) in [5, 5.41) is 4.38. The molecule has 1 aromatic rings. The molecule has 1 aromatic heterocycles. The highest BCUT2D eigenvalue weighted by Gasteiger charge is 2.13. The van der Waals surface area contributed by atoms with E-state index < -0.39 is 0 Å². The molecule has 0 spiro atoms. The van der Waals surface area contributed by atoms with Crippen molar-refractivity contribution < 1.29 is 4.79 Å². The summed E-state index contributed by atoms with van der Waals surface area (Å²) < 4.78 is 1.90. The zero-order valence-corrected chi connectivity index (χ0v) is 10.3. The lowest BCUT2D eigenvalue weighted by molar-refractivity contribution is -0.119. The van der Waals surface area contributed by atoms with Crippen molar-refractivity contribution in [3.63, 3.8) is 0 Å². The SMILES string of the molecule is CCC(N)C(=O)Cc1ccn(C(C)CC)n1. The summed E-state index contributed by atoms with van der Waals surface area (Å²) in [7, 11) is 0. The van der Waals surface area contributed by atoms with Gasteiger partial charge in [-0.3, -0.25) is 9.48 Å². The highest BCUT2D eigenvalue weighted by Crippen LogP contribution is 2.10. The Balaban J connectivity index is 2.62. The zero-order valence-electron chi connectivity index (χ0n) is 10.3. The Morgan fingerprint density at radius 1 is 1.50 bits per heavy atom. The minimum Gasteiger partial charge on any atom is -0.322 e. The van der Waals surface area contributed by atoms with Crippen molar-refractivity contribution in [1.82, 2.24) is 9.78 Å². The van der Waals surface area contributed by atoms with Gasteiger partial charge in [0.1, 0.15) is 0 Å². The first-order valence-electron chi connectivity index (χ1n) is 5.90. The highest BCUT2D eigenvalue weighted by atomic mass is 16.1. The number of rotatable bonds is 6. The molecule has 0 radical (unpaired) electrons. The number of hydrogen-bond donors (Lipinski definition) is 1.